The summed E-state index contributed by atoms with van der Waals surface area (Å²) < 4.78 is 1.95. The molecule has 5 rings (SSSR count). The van der Waals surface area contributed by atoms with Gasteiger partial charge in [-0.3, -0.25) is 9.59 Å². The molecule has 0 radical (unpaired) electrons. The summed E-state index contributed by atoms with van der Waals surface area (Å²) in [7, 11) is 1.93. The van der Waals surface area contributed by atoms with Crippen LogP contribution in [0.1, 0.15) is 36.7 Å². The third-order valence-corrected chi connectivity index (χ3v) is 7.07. The summed E-state index contributed by atoms with van der Waals surface area (Å²) in [5, 5.41) is 6.02. The summed E-state index contributed by atoms with van der Waals surface area (Å²) in [5.74, 6) is -0.166. The summed E-state index contributed by atoms with van der Waals surface area (Å²) in [5.41, 5.74) is 4.95. The number of nitrogens with zero attached hydrogens (tertiary/aromatic N) is 2. The summed E-state index contributed by atoms with van der Waals surface area (Å²) in [6.07, 6.45) is 2.74. The van der Waals surface area contributed by atoms with Crippen LogP contribution in [0.4, 0.5) is 5.69 Å². The lowest BCUT2D eigenvalue weighted by Gasteiger charge is -2.28. The summed E-state index contributed by atoms with van der Waals surface area (Å²) >= 11 is 1.76. The molecule has 0 unspecified atom stereocenters. The summed E-state index contributed by atoms with van der Waals surface area (Å²) in [6, 6.07) is 15.5. The Morgan fingerprint density at radius 3 is 2.74 bits per heavy atom. The number of carbonyl (C=O) groups is 2. The Hall–Kier alpha value is -3.38. The molecule has 3 heterocycles. The Kier molecular flexibility index (Phi) is 4.87. The first-order chi connectivity index (χ1) is 15.0. The number of nitrogens with one attached hydrogen (secondary N) is 1. The van der Waals surface area contributed by atoms with E-state index in [4.69, 9.17) is 0 Å². The molecule has 2 aromatic heterocycles. The van der Waals surface area contributed by atoms with Gasteiger partial charge in [-0.1, -0.05) is 24.3 Å². The van der Waals surface area contributed by atoms with Crippen molar-refractivity contribution in [3.8, 4) is 0 Å². The molecule has 5 nitrogen and oxygen atoms in total. The molecule has 4 aromatic rings. The molecular formula is C25H23N3O2S. The number of aryl methyl sites for hydroxylation is 1. The number of carbonyl (C=O) groups excluding carboxylic acids is 2. The number of thiophene rings is 1. The third-order valence-electron chi connectivity index (χ3n) is 6.05. The van der Waals surface area contributed by atoms with E-state index in [1.807, 2.05) is 72.1 Å². The lowest BCUT2D eigenvalue weighted by atomic mass is 10.0. The highest BCUT2D eigenvalue weighted by Gasteiger charge is 2.24. The molecule has 0 bridgehead atoms. The lowest BCUT2D eigenvalue weighted by Crippen LogP contribution is -2.35. The molecule has 0 fully saturated rings. The van der Waals surface area contributed by atoms with Crippen molar-refractivity contribution in [2.24, 2.45) is 7.05 Å². The Bertz CT molecular complexity index is 1320. The van der Waals surface area contributed by atoms with E-state index in [0.29, 0.717) is 23.4 Å². The van der Waals surface area contributed by atoms with Crippen LogP contribution in [-0.2, 0) is 20.0 Å². The second-order valence-electron chi connectivity index (χ2n) is 7.95. The van der Waals surface area contributed by atoms with Crippen LogP contribution in [0.2, 0.25) is 0 Å². The number of hydrogen-bond donors (Lipinski definition) is 1. The number of benzene rings is 2. The predicted octanol–water partition coefficient (Wildman–Crippen LogP) is 5.00. The molecule has 0 saturated carbocycles. The van der Waals surface area contributed by atoms with Gasteiger partial charge in [-0.25, -0.2) is 0 Å². The Balaban J connectivity index is 1.41. The zero-order valence-electron chi connectivity index (χ0n) is 17.5. The number of aromatic nitrogens is 1. The smallest absolute Gasteiger partial charge is 0.257 e. The van der Waals surface area contributed by atoms with Crippen LogP contribution in [0, 0.1) is 6.92 Å². The van der Waals surface area contributed by atoms with E-state index in [1.165, 1.54) is 10.4 Å². The normalized spacial score (nSPS) is 13.3. The van der Waals surface area contributed by atoms with E-state index < -0.39 is 0 Å². The molecule has 0 saturated heterocycles. The van der Waals surface area contributed by atoms with Crippen LogP contribution < -0.4 is 5.32 Å². The van der Waals surface area contributed by atoms with Crippen LogP contribution in [0.15, 0.2) is 60.1 Å². The largest absolute Gasteiger partial charge is 0.350 e. The SMILES string of the molecule is Cc1c(NC(=O)c2cn(C)c3ccccc23)cccc1C(=O)N1CCc2sccc2C1. The number of rotatable bonds is 3. The maximum atomic E-state index is 13.3. The van der Waals surface area contributed by atoms with Crippen LogP contribution >= 0.6 is 11.3 Å². The van der Waals surface area contributed by atoms with Crippen LogP contribution in [0.5, 0.6) is 0 Å². The topological polar surface area (TPSA) is 54.3 Å². The number of anilines is 1. The van der Waals surface area contributed by atoms with Crippen molar-refractivity contribution in [2.45, 2.75) is 19.9 Å². The van der Waals surface area contributed by atoms with Crippen molar-refractivity contribution in [1.29, 1.82) is 0 Å². The minimum Gasteiger partial charge on any atom is -0.350 e. The van der Waals surface area contributed by atoms with Gasteiger partial charge in [0.25, 0.3) is 11.8 Å². The number of amides is 2. The van der Waals surface area contributed by atoms with Gasteiger partial charge in [-0.05, 0) is 54.1 Å². The maximum absolute atomic E-state index is 13.3. The van der Waals surface area contributed by atoms with Gasteiger partial charge < -0.3 is 14.8 Å². The number of hydrogen-bond acceptors (Lipinski definition) is 3. The van der Waals surface area contributed by atoms with E-state index in [-0.39, 0.29) is 11.8 Å². The van der Waals surface area contributed by atoms with Crippen molar-refractivity contribution in [1.82, 2.24) is 9.47 Å². The fraction of sp³-hybridized carbons (Fsp3) is 0.200. The monoisotopic (exact) mass is 429 g/mol. The van der Waals surface area contributed by atoms with Crippen LogP contribution in [0.3, 0.4) is 0 Å². The zero-order valence-corrected chi connectivity index (χ0v) is 18.3. The molecule has 0 atom stereocenters. The Morgan fingerprint density at radius 2 is 1.87 bits per heavy atom. The fourth-order valence-electron chi connectivity index (χ4n) is 4.31. The van der Waals surface area contributed by atoms with Gasteiger partial charge in [0.1, 0.15) is 0 Å². The van der Waals surface area contributed by atoms with Crippen molar-refractivity contribution in [2.75, 3.05) is 11.9 Å². The van der Waals surface area contributed by atoms with Gasteiger partial charge in [0.2, 0.25) is 0 Å². The molecule has 6 heteroatoms. The molecule has 2 amide bonds. The van der Waals surface area contributed by atoms with Crippen LogP contribution in [0.25, 0.3) is 10.9 Å². The van der Waals surface area contributed by atoms with Gasteiger partial charge >= 0.3 is 0 Å². The van der Waals surface area contributed by atoms with Crippen molar-refractivity contribution in [3.63, 3.8) is 0 Å². The highest BCUT2D eigenvalue weighted by atomic mass is 32.1. The van der Waals surface area contributed by atoms with Gasteiger partial charge in [0.05, 0.1) is 5.56 Å². The van der Waals surface area contributed by atoms with Crippen LogP contribution in [-0.4, -0.2) is 27.8 Å². The second kappa shape index (κ2) is 7.71. The van der Waals surface area contributed by atoms with E-state index in [1.54, 1.807) is 11.3 Å². The second-order valence-corrected chi connectivity index (χ2v) is 8.95. The van der Waals surface area contributed by atoms with E-state index in [2.05, 4.69) is 16.8 Å². The van der Waals surface area contributed by atoms with Crippen molar-refractivity contribution < 1.29 is 9.59 Å². The molecule has 2 aromatic carbocycles. The van der Waals surface area contributed by atoms with Crippen molar-refractivity contribution >= 4 is 39.7 Å². The summed E-state index contributed by atoms with van der Waals surface area (Å²) in [4.78, 5) is 29.6. The molecule has 31 heavy (non-hydrogen) atoms. The minimum absolute atomic E-state index is 0.00982. The third kappa shape index (κ3) is 3.43. The molecule has 1 aliphatic rings. The predicted molar refractivity (Wildman–Crippen MR) is 125 cm³/mol. The first kappa shape index (κ1) is 19.6. The molecule has 0 aliphatic carbocycles. The van der Waals surface area contributed by atoms with Crippen molar-refractivity contribution in [3.05, 3.63) is 87.2 Å². The highest BCUT2D eigenvalue weighted by Crippen LogP contribution is 2.28. The van der Waals surface area contributed by atoms with E-state index in [9.17, 15) is 9.59 Å². The highest BCUT2D eigenvalue weighted by molar-refractivity contribution is 7.10. The standard InChI is InChI=1S/C25H23N3O2S/c1-16-18(25(30)28-12-10-23-17(14-28)11-13-31-23)7-5-8-21(16)26-24(29)20-15-27(2)22-9-4-3-6-19(20)22/h3-9,11,13,15H,10,12,14H2,1-2H3,(H,26,29). The van der Waals surface area contributed by atoms with Gasteiger partial charge in [-0.15, -0.1) is 11.3 Å². The first-order valence-corrected chi connectivity index (χ1v) is 11.2. The van der Waals surface area contributed by atoms with Gasteiger partial charge in [-0.2, -0.15) is 0 Å². The maximum Gasteiger partial charge on any atom is 0.257 e. The molecule has 156 valence electrons. The van der Waals surface area contributed by atoms with Gasteiger partial charge in [0.15, 0.2) is 0 Å². The average molecular weight is 430 g/mol. The Labute approximate surface area is 184 Å². The average Bonchev–Trinajstić information content (AvgIpc) is 3.39. The molecule has 1 N–H and O–H groups in total. The number of para-hydroxylation sites is 1. The molecular weight excluding hydrogens is 406 g/mol. The lowest BCUT2D eigenvalue weighted by molar-refractivity contribution is 0.0735. The quantitative estimate of drug-likeness (QED) is 0.498. The number of fused-ring (bicyclic) bond motifs is 2. The molecule has 0 spiro atoms. The first-order valence-electron chi connectivity index (χ1n) is 10.3. The Morgan fingerprint density at radius 1 is 1.03 bits per heavy atom. The van der Waals surface area contributed by atoms with Gasteiger partial charge in [0, 0.05) is 53.4 Å². The summed E-state index contributed by atoms with van der Waals surface area (Å²) in [6.45, 7) is 3.26. The fourth-order valence-corrected chi connectivity index (χ4v) is 5.20. The minimum atomic E-state index is -0.176. The van der Waals surface area contributed by atoms with E-state index >= 15 is 0 Å². The zero-order chi connectivity index (χ0) is 21.5. The molecule has 1 aliphatic heterocycles. The van der Waals surface area contributed by atoms with E-state index in [0.717, 1.165) is 29.4 Å².